The quantitative estimate of drug-likeness (QED) is 0.608. The van der Waals surface area contributed by atoms with Crippen LogP contribution in [0.3, 0.4) is 0 Å². The van der Waals surface area contributed by atoms with Gasteiger partial charge in [0.2, 0.25) is 5.91 Å². The molecule has 0 aliphatic carbocycles. The number of rotatable bonds is 7. The summed E-state index contributed by atoms with van der Waals surface area (Å²) in [5, 5.41) is 7.15. The van der Waals surface area contributed by atoms with Gasteiger partial charge < -0.3 is 5.32 Å². The van der Waals surface area contributed by atoms with Gasteiger partial charge in [-0.3, -0.25) is 4.79 Å². The van der Waals surface area contributed by atoms with Crippen LogP contribution >= 0.6 is 22.7 Å². The third-order valence-corrected chi connectivity index (χ3v) is 7.21. The first-order valence-electron chi connectivity index (χ1n) is 8.41. The van der Waals surface area contributed by atoms with Gasteiger partial charge >= 0.3 is 0 Å². The van der Waals surface area contributed by atoms with Crippen molar-refractivity contribution in [3.8, 4) is 9.88 Å². The number of thiazole rings is 1. The molecule has 3 rings (SSSR count). The number of benzene rings is 1. The van der Waals surface area contributed by atoms with Gasteiger partial charge in [0.15, 0.2) is 9.84 Å². The molecule has 0 aliphatic heterocycles. The number of thiophene rings is 1. The number of anilines is 1. The molecule has 2 heterocycles. The van der Waals surface area contributed by atoms with Gasteiger partial charge in [-0.15, -0.1) is 22.7 Å². The normalized spacial score (nSPS) is 11.7. The van der Waals surface area contributed by atoms with Crippen molar-refractivity contribution in [2.45, 2.75) is 25.5 Å². The van der Waals surface area contributed by atoms with Crippen LogP contribution in [-0.2, 0) is 20.4 Å². The average Bonchev–Trinajstić information content (AvgIpc) is 3.25. The Balaban J connectivity index is 1.62. The molecule has 8 heteroatoms. The Morgan fingerprint density at radius 3 is 2.70 bits per heavy atom. The molecule has 0 saturated carbocycles. The molecular weight excluding hydrogens is 400 g/mol. The van der Waals surface area contributed by atoms with Gasteiger partial charge in [-0.05, 0) is 35.1 Å². The predicted molar refractivity (Wildman–Crippen MR) is 112 cm³/mol. The Kier molecular flexibility index (Phi) is 6.08. The molecule has 0 radical (unpaired) electrons. The maximum atomic E-state index is 12.4. The molecule has 0 saturated heterocycles. The number of carbonyl (C=O) groups excluding carboxylic acids is 1. The number of nitrogens with one attached hydrogen (secondary N) is 1. The summed E-state index contributed by atoms with van der Waals surface area (Å²) in [7, 11) is -3.60. The molecule has 1 amide bonds. The highest BCUT2D eigenvalue weighted by molar-refractivity contribution is 7.91. The molecule has 0 atom stereocenters. The summed E-state index contributed by atoms with van der Waals surface area (Å²) in [4.78, 5) is 17.6. The number of aromatic nitrogens is 1. The van der Waals surface area contributed by atoms with E-state index in [4.69, 9.17) is 0 Å². The lowest BCUT2D eigenvalue weighted by molar-refractivity contribution is -0.113. The van der Waals surface area contributed by atoms with E-state index in [0.29, 0.717) is 17.3 Å². The Morgan fingerprint density at radius 2 is 2.00 bits per heavy atom. The first kappa shape index (κ1) is 19.7. The number of hydrogen-bond donors (Lipinski definition) is 1. The number of hydrogen-bond acceptors (Lipinski definition) is 6. The lowest BCUT2D eigenvalue weighted by Crippen LogP contribution is -2.24. The lowest BCUT2D eigenvalue weighted by atomic mass is 10.0. The number of sulfone groups is 1. The van der Waals surface area contributed by atoms with Crippen molar-refractivity contribution in [2.75, 3.05) is 11.1 Å². The summed E-state index contributed by atoms with van der Waals surface area (Å²) in [6.45, 7) is 4.12. The van der Waals surface area contributed by atoms with Crippen molar-refractivity contribution in [3.05, 3.63) is 58.4 Å². The smallest absolute Gasteiger partial charge is 0.239 e. The first-order valence-corrected chi connectivity index (χ1v) is 12.0. The molecule has 0 spiro atoms. The van der Waals surface area contributed by atoms with Crippen molar-refractivity contribution in [1.29, 1.82) is 0 Å². The standard InChI is InChI=1S/C19H20N2O3S3/c1-13(2)14-5-3-6-15(9-14)20-18(22)12-27(23,24)11-16-10-26-19(21-16)17-7-4-8-25-17/h3-10,13H,11-12H2,1-2H3,(H,20,22). The van der Waals surface area contributed by atoms with E-state index in [1.165, 1.54) is 11.3 Å². The van der Waals surface area contributed by atoms with Crippen LogP contribution in [0.4, 0.5) is 5.69 Å². The second-order valence-corrected chi connectivity index (χ2v) is 10.4. The molecule has 0 bridgehead atoms. The maximum absolute atomic E-state index is 12.4. The lowest BCUT2D eigenvalue weighted by Gasteiger charge is -2.09. The minimum Gasteiger partial charge on any atom is -0.325 e. The second kappa shape index (κ2) is 8.33. The van der Waals surface area contributed by atoms with E-state index in [-0.39, 0.29) is 5.75 Å². The highest BCUT2D eigenvalue weighted by Gasteiger charge is 2.20. The molecule has 1 aromatic carbocycles. The van der Waals surface area contributed by atoms with Gasteiger partial charge in [-0.2, -0.15) is 0 Å². The highest BCUT2D eigenvalue weighted by atomic mass is 32.2. The van der Waals surface area contributed by atoms with Crippen LogP contribution < -0.4 is 5.32 Å². The average molecular weight is 421 g/mol. The highest BCUT2D eigenvalue weighted by Crippen LogP contribution is 2.28. The number of carbonyl (C=O) groups is 1. The van der Waals surface area contributed by atoms with Crippen LogP contribution in [0, 0.1) is 0 Å². The van der Waals surface area contributed by atoms with Gasteiger partial charge in [0, 0.05) is 11.1 Å². The molecular formula is C19H20N2O3S3. The summed E-state index contributed by atoms with van der Waals surface area (Å²) >= 11 is 2.96. The van der Waals surface area contributed by atoms with E-state index in [0.717, 1.165) is 15.4 Å². The van der Waals surface area contributed by atoms with Gasteiger partial charge in [-0.1, -0.05) is 32.0 Å². The van der Waals surface area contributed by atoms with Crippen molar-refractivity contribution in [2.24, 2.45) is 0 Å². The van der Waals surface area contributed by atoms with Crippen LogP contribution in [-0.4, -0.2) is 25.1 Å². The van der Waals surface area contributed by atoms with E-state index in [1.807, 2.05) is 35.7 Å². The molecule has 0 fully saturated rings. The van der Waals surface area contributed by atoms with Crippen LogP contribution in [0.1, 0.15) is 31.0 Å². The molecule has 142 valence electrons. The number of nitrogens with zero attached hydrogens (tertiary/aromatic N) is 1. The molecule has 2 aromatic heterocycles. The summed E-state index contributed by atoms with van der Waals surface area (Å²) < 4.78 is 24.8. The zero-order chi connectivity index (χ0) is 19.4. The molecule has 5 nitrogen and oxygen atoms in total. The number of amides is 1. The summed E-state index contributed by atoms with van der Waals surface area (Å²) in [5.74, 6) is -1.02. The Labute approximate surface area is 167 Å². The predicted octanol–water partition coefficient (Wildman–Crippen LogP) is 4.55. The Morgan fingerprint density at radius 1 is 1.19 bits per heavy atom. The third-order valence-electron chi connectivity index (χ3n) is 3.84. The third kappa shape index (κ3) is 5.47. The van der Waals surface area contributed by atoms with Crippen molar-refractivity contribution >= 4 is 44.1 Å². The minimum absolute atomic E-state index is 0.242. The Hall–Kier alpha value is -2.03. The minimum atomic E-state index is -3.60. The van der Waals surface area contributed by atoms with E-state index in [9.17, 15) is 13.2 Å². The van der Waals surface area contributed by atoms with Gasteiger partial charge in [-0.25, -0.2) is 13.4 Å². The van der Waals surface area contributed by atoms with E-state index < -0.39 is 21.5 Å². The van der Waals surface area contributed by atoms with E-state index in [2.05, 4.69) is 24.1 Å². The van der Waals surface area contributed by atoms with E-state index >= 15 is 0 Å². The zero-order valence-corrected chi connectivity index (χ0v) is 17.5. The van der Waals surface area contributed by atoms with Crippen LogP contribution in [0.2, 0.25) is 0 Å². The summed E-state index contributed by atoms with van der Waals surface area (Å²) in [5.41, 5.74) is 2.16. The van der Waals surface area contributed by atoms with Gasteiger partial charge in [0.1, 0.15) is 10.8 Å². The monoisotopic (exact) mass is 420 g/mol. The zero-order valence-electron chi connectivity index (χ0n) is 15.0. The fourth-order valence-electron chi connectivity index (χ4n) is 2.54. The summed E-state index contributed by atoms with van der Waals surface area (Å²) in [6, 6.07) is 11.3. The molecule has 3 aromatic rings. The summed E-state index contributed by atoms with van der Waals surface area (Å²) in [6.07, 6.45) is 0. The first-order chi connectivity index (χ1) is 12.8. The Bertz CT molecular complexity index is 1020. The fraction of sp³-hybridized carbons (Fsp3) is 0.263. The maximum Gasteiger partial charge on any atom is 0.239 e. The fourth-order valence-corrected chi connectivity index (χ4v) is 5.45. The van der Waals surface area contributed by atoms with Crippen molar-refractivity contribution < 1.29 is 13.2 Å². The molecule has 0 unspecified atom stereocenters. The second-order valence-electron chi connectivity index (χ2n) is 6.48. The van der Waals surface area contributed by atoms with Crippen molar-refractivity contribution in [1.82, 2.24) is 4.98 Å². The molecule has 0 aliphatic rings. The van der Waals surface area contributed by atoms with Crippen LogP contribution in [0.15, 0.2) is 47.2 Å². The van der Waals surface area contributed by atoms with Gasteiger partial charge in [0.25, 0.3) is 0 Å². The van der Waals surface area contributed by atoms with Crippen LogP contribution in [0.5, 0.6) is 0 Å². The topological polar surface area (TPSA) is 76.1 Å². The van der Waals surface area contributed by atoms with E-state index in [1.54, 1.807) is 22.8 Å². The van der Waals surface area contributed by atoms with Crippen LogP contribution in [0.25, 0.3) is 9.88 Å². The SMILES string of the molecule is CC(C)c1cccc(NC(=O)CS(=O)(=O)Cc2csc(-c3cccs3)n2)c1. The van der Waals surface area contributed by atoms with Crippen molar-refractivity contribution in [3.63, 3.8) is 0 Å². The van der Waals surface area contributed by atoms with Gasteiger partial charge in [0.05, 0.1) is 16.3 Å². The largest absolute Gasteiger partial charge is 0.325 e. The molecule has 27 heavy (non-hydrogen) atoms. The molecule has 1 N–H and O–H groups in total.